The van der Waals surface area contributed by atoms with Crippen LogP contribution >= 0.6 is 0 Å². The summed E-state index contributed by atoms with van der Waals surface area (Å²) < 4.78 is 5.11. The number of carbonyl (C=O) groups is 2. The average Bonchev–Trinajstić information content (AvgIpc) is 2.62. The van der Waals surface area contributed by atoms with Crippen LogP contribution in [0.15, 0.2) is 30.3 Å². The number of carbonyl (C=O) groups excluding carboxylic acids is 1. The van der Waals surface area contributed by atoms with Crippen LogP contribution in [-0.2, 0) is 14.3 Å². The molecule has 0 bridgehead atoms. The molecule has 1 heterocycles. The molecule has 2 rings (SSSR count). The van der Waals surface area contributed by atoms with E-state index in [0.29, 0.717) is 25.3 Å². The zero-order chi connectivity index (χ0) is 19.2. The molecule has 5 heteroatoms. The Labute approximate surface area is 155 Å². The van der Waals surface area contributed by atoms with E-state index in [-0.39, 0.29) is 25.5 Å². The summed E-state index contributed by atoms with van der Waals surface area (Å²) in [7, 11) is 1.50. The predicted molar refractivity (Wildman–Crippen MR) is 102 cm³/mol. The van der Waals surface area contributed by atoms with E-state index in [1.165, 1.54) is 12.7 Å². The lowest BCUT2D eigenvalue weighted by Crippen LogP contribution is -2.52. The lowest BCUT2D eigenvalue weighted by molar-refractivity contribution is -0.159. The number of amides is 1. The molecule has 0 aliphatic carbocycles. The van der Waals surface area contributed by atoms with Crippen LogP contribution in [0.25, 0.3) is 6.08 Å². The summed E-state index contributed by atoms with van der Waals surface area (Å²) in [4.78, 5) is 25.8. The number of carboxylic acid groups (broad SMARTS) is 1. The van der Waals surface area contributed by atoms with Gasteiger partial charge >= 0.3 is 5.97 Å². The topological polar surface area (TPSA) is 66.8 Å². The highest BCUT2D eigenvalue weighted by Crippen LogP contribution is 2.31. The van der Waals surface area contributed by atoms with Gasteiger partial charge in [0.1, 0.15) is 5.41 Å². The fourth-order valence-electron chi connectivity index (χ4n) is 3.39. The normalized spacial score (nSPS) is 20.7. The number of benzene rings is 1. The molecule has 0 radical (unpaired) electrons. The van der Waals surface area contributed by atoms with Crippen molar-refractivity contribution in [1.29, 1.82) is 0 Å². The first-order chi connectivity index (χ1) is 12.4. The molecular weight excluding hydrogens is 330 g/mol. The number of methoxy groups -OCH3 is 1. The standard InChI is InChI=1S/C21H29NO4/c1-16(2)18-10-8-17(9-11-18)6-4-7-19(23)22-13-5-12-21(14-22,15-26-3)20(24)25/h4,6,8-11,16H,5,7,12-15H2,1-3H3,(H,24,25)/b6-4+. The number of carboxylic acids is 1. The van der Waals surface area contributed by atoms with Gasteiger partial charge in [0.15, 0.2) is 0 Å². The number of ether oxygens (including phenoxy) is 1. The Bertz CT molecular complexity index is 646. The molecule has 5 nitrogen and oxygen atoms in total. The molecule has 1 amide bonds. The van der Waals surface area contributed by atoms with E-state index < -0.39 is 11.4 Å². The quantitative estimate of drug-likeness (QED) is 0.808. The lowest BCUT2D eigenvalue weighted by Gasteiger charge is -2.39. The highest BCUT2D eigenvalue weighted by molar-refractivity contribution is 5.81. The van der Waals surface area contributed by atoms with Crippen LogP contribution < -0.4 is 0 Å². The Morgan fingerprint density at radius 2 is 2.00 bits per heavy atom. The number of likely N-dealkylation sites (tertiary alicyclic amines) is 1. The van der Waals surface area contributed by atoms with Crippen LogP contribution in [0.3, 0.4) is 0 Å². The van der Waals surface area contributed by atoms with Crippen LogP contribution in [0.5, 0.6) is 0 Å². The van der Waals surface area contributed by atoms with Crippen molar-refractivity contribution in [2.45, 2.75) is 39.0 Å². The maximum Gasteiger partial charge on any atom is 0.313 e. The summed E-state index contributed by atoms with van der Waals surface area (Å²) in [5.41, 5.74) is 1.36. The molecule has 0 spiro atoms. The van der Waals surface area contributed by atoms with E-state index in [1.54, 1.807) is 4.90 Å². The third-order valence-electron chi connectivity index (χ3n) is 5.01. The van der Waals surface area contributed by atoms with Crippen molar-refractivity contribution in [2.75, 3.05) is 26.8 Å². The van der Waals surface area contributed by atoms with Crippen molar-refractivity contribution in [3.63, 3.8) is 0 Å². The Morgan fingerprint density at radius 3 is 2.58 bits per heavy atom. The second-order valence-corrected chi connectivity index (χ2v) is 7.37. The zero-order valence-corrected chi connectivity index (χ0v) is 15.9. The summed E-state index contributed by atoms with van der Waals surface area (Å²) in [6, 6.07) is 8.29. The number of piperidine rings is 1. The van der Waals surface area contributed by atoms with Crippen LogP contribution in [0, 0.1) is 5.41 Å². The molecule has 142 valence electrons. The third kappa shape index (κ3) is 4.94. The molecular formula is C21H29NO4. The van der Waals surface area contributed by atoms with Gasteiger partial charge in [0.05, 0.1) is 6.61 Å². The van der Waals surface area contributed by atoms with Gasteiger partial charge in [-0.05, 0) is 29.9 Å². The summed E-state index contributed by atoms with van der Waals surface area (Å²) in [6.07, 6.45) is 5.28. The fourth-order valence-corrected chi connectivity index (χ4v) is 3.39. The fraction of sp³-hybridized carbons (Fsp3) is 0.524. The van der Waals surface area contributed by atoms with Crippen LogP contribution in [0.4, 0.5) is 0 Å². The van der Waals surface area contributed by atoms with Gasteiger partial charge in [0, 0.05) is 26.6 Å². The van der Waals surface area contributed by atoms with Crippen molar-refractivity contribution in [1.82, 2.24) is 4.90 Å². The molecule has 1 saturated heterocycles. The third-order valence-corrected chi connectivity index (χ3v) is 5.01. The van der Waals surface area contributed by atoms with Gasteiger partial charge in [-0.2, -0.15) is 0 Å². The van der Waals surface area contributed by atoms with Gasteiger partial charge in [0.2, 0.25) is 5.91 Å². The first-order valence-electron chi connectivity index (χ1n) is 9.14. The molecule has 1 aromatic rings. The van der Waals surface area contributed by atoms with E-state index in [0.717, 1.165) is 5.56 Å². The van der Waals surface area contributed by atoms with Crippen LogP contribution in [-0.4, -0.2) is 48.7 Å². The van der Waals surface area contributed by atoms with Crippen molar-refractivity contribution >= 4 is 18.0 Å². The van der Waals surface area contributed by atoms with E-state index in [1.807, 2.05) is 24.3 Å². The van der Waals surface area contributed by atoms with E-state index in [2.05, 4.69) is 26.0 Å². The van der Waals surface area contributed by atoms with Crippen LogP contribution in [0.1, 0.15) is 50.2 Å². The van der Waals surface area contributed by atoms with Crippen molar-refractivity contribution in [2.24, 2.45) is 5.41 Å². The minimum atomic E-state index is -0.987. The van der Waals surface area contributed by atoms with Gasteiger partial charge in [-0.3, -0.25) is 9.59 Å². The highest BCUT2D eigenvalue weighted by Gasteiger charge is 2.43. The second-order valence-electron chi connectivity index (χ2n) is 7.37. The van der Waals surface area contributed by atoms with Crippen molar-refractivity contribution < 1.29 is 19.4 Å². The summed E-state index contributed by atoms with van der Waals surface area (Å²) in [5.74, 6) is -0.436. The number of aliphatic carboxylic acids is 1. The van der Waals surface area contributed by atoms with E-state index >= 15 is 0 Å². The van der Waals surface area contributed by atoms with Crippen molar-refractivity contribution in [3.8, 4) is 0 Å². The molecule has 1 aliphatic heterocycles. The van der Waals surface area contributed by atoms with Crippen LogP contribution in [0.2, 0.25) is 0 Å². The number of nitrogens with zero attached hydrogens (tertiary/aromatic N) is 1. The maximum absolute atomic E-state index is 12.5. The summed E-state index contributed by atoms with van der Waals surface area (Å²) >= 11 is 0. The molecule has 1 atom stereocenters. The minimum Gasteiger partial charge on any atom is -0.481 e. The number of rotatable bonds is 7. The largest absolute Gasteiger partial charge is 0.481 e. The van der Waals surface area contributed by atoms with Gasteiger partial charge in [0.25, 0.3) is 0 Å². The van der Waals surface area contributed by atoms with E-state index in [9.17, 15) is 14.7 Å². The summed E-state index contributed by atoms with van der Waals surface area (Å²) in [6.45, 7) is 5.26. The monoisotopic (exact) mass is 359 g/mol. The van der Waals surface area contributed by atoms with Gasteiger partial charge in [-0.15, -0.1) is 0 Å². The Morgan fingerprint density at radius 1 is 1.31 bits per heavy atom. The van der Waals surface area contributed by atoms with Gasteiger partial charge < -0.3 is 14.7 Å². The lowest BCUT2D eigenvalue weighted by atomic mass is 9.80. The van der Waals surface area contributed by atoms with Gasteiger partial charge in [-0.1, -0.05) is 50.3 Å². The molecule has 1 fully saturated rings. The van der Waals surface area contributed by atoms with Crippen molar-refractivity contribution in [3.05, 3.63) is 41.5 Å². The minimum absolute atomic E-state index is 0.0403. The first-order valence-corrected chi connectivity index (χ1v) is 9.14. The Hall–Kier alpha value is -2.14. The predicted octanol–water partition coefficient (Wildman–Crippen LogP) is 3.55. The molecule has 0 saturated carbocycles. The zero-order valence-electron chi connectivity index (χ0n) is 15.9. The molecule has 1 N–H and O–H groups in total. The van der Waals surface area contributed by atoms with E-state index in [4.69, 9.17) is 4.74 Å². The maximum atomic E-state index is 12.5. The number of hydrogen-bond donors (Lipinski definition) is 1. The molecule has 1 aromatic carbocycles. The smallest absolute Gasteiger partial charge is 0.313 e. The molecule has 1 unspecified atom stereocenters. The molecule has 26 heavy (non-hydrogen) atoms. The Balaban J connectivity index is 1.95. The second kappa shape index (κ2) is 8.99. The highest BCUT2D eigenvalue weighted by atomic mass is 16.5. The summed E-state index contributed by atoms with van der Waals surface area (Å²) in [5, 5.41) is 9.57. The van der Waals surface area contributed by atoms with Gasteiger partial charge in [-0.25, -0.2) is 0 Å². The molecule has 1 aliphatic rings. The SMILES string of the molecule is COCC1(C(=O)O)CCCN(C(=O)C/C=C/c2ccc(C(C)C)cc2)C1. The Kier molecular flexibility index (Phi) is 6.98. The molecule has 0 aromatic heterocycles. The number of hydrogen-bond acceptors (Lipinski definition) is 3. The first kappa shape index (κ1) is 20.2. The average molecular weight is 359 g/mol.